The molecular formula is C16H19Cl3N2O2. The van der Waals surface area contributed by atoms with E-state index in [1.165, 1.54) is 5.57 Å². The summed E-state index contributed by atoms with van der Waals surface area (Å²) in [5, 5.41) is 16.4. The minimum Gasteiger partial charge on any atom is -0.477 e. The smallest absolute Gasteiger partial charge is 0.352 e. The highest BCUT2D eigenvalue weighted by atomic mass is 35.5. The van der Waals surface area contributed by atoms with Gasteiger partial charge in [0.1, 0.15) is 5.71 Å². The number of aliphatic carboxylic acids is 1. The molecule has 7 heteroatoms. The molecule has 0 fully saturated rings. The number of carboxylic acid groups (broad SMARTS) is 1. The SMILES string of the molecule is O=C(O)C1=NN(C2CC=C(Cl)CC2Cl)C(C2=CCC(Cl)CC2)C1. The van der Waals surface area contributed by atoms with Gasteiger partial charge in [0.2, 0.25) is 0 Å². The lowest BCUT2D eigenvalue weighted by molar-refractivity contribution is -0.129. The number of carboxylic acids is 1. The summed E-state index contributed by atoms with van der Waals surface area (Å²) in [5.74, 6) is -0.959. The second kappa shape index (κ2) is 7.04. The third-order valence-electron chi connectivity index (χ3n) is 4.73. The fourth-order valence-electron chi connectivity index (χ4n) is 3.46. The highest BCUT2D eigenvalue weighted by molar-refractivity contribution is 6.36. The lowest BCUT2D eigenvalue weighted by Crippen LogP contribution is -2.44. The van der Waals surface area contributed by atoms with Crippen LogP contribution in [0.15, 0.2) is 27.9 Å². The topological polar surface area (TPSA) is 52.9 Å². The Morgan fingerprint density at radius 3 is 2.65 bits per heavy atom. The van der Waals surface area contributed by atoms with E-state index in [-0.39, 0.29) is 28.5 Å². The van der Waals surface area contributed by atoms with Gasteiger partial charge in [-0.15, -0.1) is 23.2 Å². The number of hydrazone groups is 1. The minimum absolute atomic E-state index is 0.0261. The molecule has 0 amide bonds. The van der Waals surface area contributed by atoms with E-state index in [1.54, 1.807) is 0 Å². The van der Waals surface area contributed by atoms with Gasteiger partial charge < -0.3 is 5.11 Å². The van der Waals surface area contributed by atoms with Crippen molar-refractivity contribution in [1.29, 1.82) is 0 Å². The van der Waals surface area contributed by atoms with Gasteiger partial charge in [-0.2, -0.15) is 5.10 Å². The molecule has 4 unspecified atom stereocenters. The number of halogens is 3. The van der Waals surface area contributed by atoms with Crippen molar-refractivity contribution in [1.82, 2.24) is 5.01 Å². The second-order valence-corrected chi connectivity index (χ2v) is 7.94. The van der Waals surface area contributed by atoms with Crippen molar-refractivity contribution in [3.8, 4) is 0 Å². The predicted octanol–water partition coefficient (Wildman–Crippen LogP) is 4.11. The van der Waals surface area contributed by atoms with Crippen LogP contribution in [0, 0.1) is 0 Å². The van der Waals surface area contributed by atoms with E-state index in [0.717, 1.165) is 24.3 Å². The van der Waals surface area contributed by atoms with Gasteiger partial charge in [0, 0.05) is 23.3 Å². The molecule has 3 rings (SSSR count). The Morgan fingerprint density at radius 1 is 1.26 bits per heavy atom. The zero-order valence-electron chi connectivity index (χ0n) is 12.6. The van der Waals surface area contributed by atoms with Gasteiger partial charge in [-0.25, -0.2) is 4.79 Å². The molecule has 0 aromatic carbocycles. The molecule has 0 aromatic heterocycles. The first kappa shape index (κ1) is 17.1. The molecule has 0 saturated carbocycles. The average molecular weight is 378 g/mol. The fraction of sp³-hybridized carbons (Fsp3) is 0.625. The quantitative estimate of drug-likeness (QED) is 0.595. The maximum atomic E-state index is 11.4. The first-order valence-electron chi connectivity index (χ1n) is 7.86. The Bertz CT molecular complexity index is 588. The Kier molecular flexibility index (Phi) is 5.24. The summed E-state index contributed by atoms with van der Waals surface area (Å²) in [4.78, 5) is 11.4. The molecule has 0 aromatic rings. The van der Waals surface area contributed by atoms with Crippen LogP contribution in [-0.4, -0.2) is 44.6 Å². The molecule has 23 heavy (non-hydrogen) atoms. The molecule has 1 heterocycles. The van der Waals surface area contributed by atoms with Gasteiger partial charge in [0.25, 0.3) is 0 Å². The van der Waals surface area contributed by atoms with Crippen molar-refractivity contribution >= 4 is 46.5 Å². The van der Waals surface area contributed by atoms with E-state index in [2.05, 4.69) is 11.2 Å². The maximum absolute atomic E-state index is 11.4. The van der Waals surface area contributed by atoms with E-state index >= 15 is 0 Å². The van der Waals surface area contributed by atoms with Crippen molar-refractivity contribution in [3.63, 3.8) is 0 Å². The molecule has 1 N–H and O–H groups in total. The third-order valence-corrected chi connectivity index (χ3v) is 5.88. The van der Waals surface area contributed by atoms with E-state index in [1.807, 2.05) is 11.1 Å². The molecule has 0 bridgehead atoms. The number of allylic oxidation sites excluding steroid dienone is 2. The minimum atomic E-state index is -0.959. The van der Waals surface area contributed by atoms with Gasteiger partial charge in [0.05, 0.1) is 17.5 Å². The molecule has 3 aliphatic rings. The zero-order chi connectivity index (χ0) is 16.6. The van der Waals surface area contributed by atoms with Crippen molar-refractivity contribution in [2.24, 2.45) is 5.10 Å². The van der Waals surface area contributed by atoms with Gasteiger partial charge in [-0.05, 0) is 31.3 Å². The van der Waals surface area contributed by atoms with Crippen LogP contribution in [0.3, 0.4) is 0 Å². The molecule has 0 spiro atoms. The summed E-state index contributed by atoms with van der Waals surface area (Å²) in [6, 6.07) is -0.0579. The largest absolute Gasteiger partial charge is 0.477 e. The first-order valence-corrected chi connectivity index (χ1v) is 9.11. The zero-order valence-corrected chi connectivity index (χ0v) is 14.9. The predicted molar refractivity (Wildman–Crippen MR) is 93.5 cm³/mol. The van der Waals surface area contributed by atoms with Crippen molar-refractivity contribution in [2.45, 2.75) is 61.4 Å². The molecule has 4 atom stereocenters. The van der Waals surface area contributed by atoms with Crippen molar-refractivity contribution in [3.05, 3.63) is 22.8 Å². The van der Waals surface area contributed by atoms with Crippen LogP contribution >= 0.6 is 34.8 Å². The number of carbonyl (C=O) groups is 1. The normalized spacial score (nSPS) is 34.7. The fourth-order valence-corrected chi connectivity index (χ4v) is 4.38. The van der Waals surface area contributed by atoms with Gasteiger partial charge >= 0.3 is 5.97 Å². The Balaban J connectivity index is 1.85. The highest BCUT2D eigenvalue weighted by Crippen LogP contribution is 2.37. The molecule has 2 aliphatic carbocycles. The van der Waals surface area contributed by atoms with Crippen LogP contribution in [-0.2, 0) is 4.79 Å². The van der Waals surface area contributed by atoms with E-state index < -0.39 is 5.97 Å². The molecule has 0 radical (unpaired) electrons. The Morgan fingerprint density at radius 2 is 2.04 bits per heavy atom. The van der Waals surface area contributed by atoms with E-state index in [4.69, 9.17) is 34.8 Å². The van der Waals surface area contributed by atoms with Gasteiger partial charge in [0.15, 0.2) is 0 Å². The summed E-state index contributed by atoms with van der Waals surface area (Å²) < 4.78 is 0. The number of rotatable bonds is 3. The van der Waals surface area contributed by atoms with Crippen LogP contribution < -0.4 is 0 Å². The molecule has 126 valence electrons. The maximum Gasteiger partial charge on any atom is 0.352 e. The van der Waals surface area contributed by atoms with Gasteiger partial charge in [-0.1, -0.05) is 23.8 Å². The van der Waals surface area contributed by atoms with E-state index in [0.29, 0.717) is 19.3 Å². The van der Waals surface area contributed by atoms with Crippen molar-refractivity contribution < 1.29 is 9.90 Å². The first-order chi connectivity index (χ1) is 11.0. The van der Waals surface area contributed by atoms with Crippen LogP contribution in [0.5, 0.6) is 0 Å². The molecule has 4 nitrogen and oxygen atoms in total. The van der Waals surface area contributed by atoms with Gasteiger partial charge in [-0.3, -0.25) is 5.01 Å². The van der Waals surface area contributed by atoms with Crippen LogP contribution in [0.1, 0.15) is 38.5 Å². The Hall–Kier alpha value is -0.710. The monoisotopic (exact) mass is 376 g/mol. The van der Waals surface area contributed by atoms with Crippen molar-refractivity contribution in [2.75, 3.05) is 0 Å². The highest BCUT2D eigenvalue weighted by Gasteiger charge is 2.40. The summed E-state index contributed by atoms with van der Waals surface area (Å²) in [6.07, 6.45) is 8.43. The lowest BCUT2D eigenvalue weighted by Gasteiger charge is -2.38. The van der Waals surface area contributed by atoms with Crippen LogP contribution in [0.2, 0.25) is 0 Å². The van der Waals surface area contributed by atoms with E-state index in [9.17, 15) is 9.90 Å². The third kappa shape index (κ3) is 3.70. The Labute approximate surface area is 150 Å². The number of hydrogen-bond acceptors (Lipinski definition) is 3. The summed E-state index contributed by atoms with van der Waals surface area (Å²) in [5.41, 5.74) is 1.43. The molecule has 1 aliphatic heterocycles. The number of alkyl halides is 2. The second-order valence-electron chi connectivity index (χ2n) is 6.28. The van der Waals surface area contributed by atoms with Crippen LogP contribution in [0.4, 0.5) is 0 Å². The molecule has 0 saturated heterocycles. The van der Waals surface area contributed by atoms with Crippen LogP contribution in [0.25, 0.3) is 0 Å². The summed E-state index contributed by atoms with van der Waals surface area (Å²) in [7, 11) is 0. The standard InChI is InChI=1S/C16H19Cl3N2O2/c17-10-3-1-9(2-4-10)15-8-13(16(22)23)20-21(15)14-6-5-11(18)7-12(14)19/h1,5,10,12,14-15H,2-4,6-8H2,(H,22,23). The summed E-state index contributed by atoms with van der Waals surface area (Å²) in [6.45, 7) is 0. The number of nitrogens with zero attached hydrogens (tertiary/aromatic N) is 2. The average Bonchev–Trinajstić information content (AvgIpc) is 2.93. The lowest BCUT2D eigenvalue weighted by atomic mass is 9.89. The molecular weight excluding hydrogens is 359 g/mol. The number of hydrogen-bond donors (Lipinski definition) is 1. The summed E-state index contributed by atoms with van der Waals surface area (Å²) >= 11 is 18.7.